The zero-order chi connectivity index (χ0) is 17.5. The number of carboxylic acids is 1. The number of hydrogen-bond donors (Lipinski definition) is 1. The van der Waals surface area contributed by atoms with Crippen LogP contribution in [0.2, 0.25) is 0 Å². The molecule has 1 heterocycles. The van der Waals surface area contributed by atoms with Crippen LogP contribution >= 0.6 is 0 Å². The van der Waals surface area contributed by atoms with Gasteiger partial charge in [0.2, 0.25) is 0 Å². The Labute approximate surface area is 137 Å². The Hall–Kier alpha value is -2.37. The van der Waals surface area contributed by atoms with Crippen LogP contribution in [0.5, 0.6) is 0 Å². The third-order valence-corrected chi connectivity index (χ3v) is 4.91. The minimum Gasteiger partial charge on any atom is -0.481 e. The van der Waals surface area contributed by atoms with Crippen LogP contribution in [-0.2, 0) is 11.0 Å². The van der Waals surface area contributed by atoms with Crippen molar-refractivity contribution in [2.45, 2.75) is 31.4 Å². The lowest BCUT2D eigenvalue weighted by Crippen LogP contribution is -2.18. The third-order valence-electron chi connectivity index (χ3n) is 4.91. The quantitative estimate of drug-likeness (QED) is 0.897. The molecule has 1 N–H and O–H groups in total. The van der Waals surface area contributed by atoms with Gasteiger partial charge in [0.25, 0.3) is 0 Å². The maximum absolute atomic E-state index is 12.9. The van der Waals surface area contributed by atoms with Crippen molar-refractivity contribution in [3.8, 4) is 0 Å². The minimum atomic E-state index is -4.55. The van der Waals surface area contributed by atoms with E-state index in [1.807, 2.05) is 18.2 Å². The first-order valence-electron chi connectivity index (χ1n) is 7.64. The predicted octanol–water partition coefficient (Wildman–Crippen LogP) is 4.46. The highest BCUT2D eigenvalue weighted by atomic mass is 19.4. The molecule has 1 fully saturated rings. The summed E-state index contributed by atoms with van der Waals surface area (Å²) in [6, 6.07) is 11.5. The van der Waals surface area contributed by atoms with E-state index in [0.717, 1.165) is 17.8 Å². The number of carboxylic acid groups (broad SMARTS) is 1. The molecule has 1 saturated carbocycles. The van der Waals surface area contributed by atoms with Crippen molar-refractivity contribution in [2.24, 2.45) is 5.41 Å². The number of benzene rings is 1. The van der Waals surface area contributed by atoms with E-state index in [9.17, 15) is 23.1 Å². The summed E-state index contributed by atoms with van der Waals surface area (Å²) in [5, 5.41) is 9.76. The summed E-state index contributed by atoms with van der Waals surface area (Å²) in [6.45, 7) is 1.76. The Morgan fingerprint density at radius 1 is 1.17 bits per heavy atom. The van der Waals surface area contributed by atoms with E-state index in [1.54, 1.807) is 19.1 Å². The average Bonchev–Trinajstić information content (AvgIpc) is 3.25. The van der Waals surface area contributed by atoms with Crippen LogP contribution in [0.15, 0.2) is 48.7 Å². The molecular formula is C18H16F3NO2. The van der Waals surface area contributed by atoms with Gasteiger partial charge in [0.15, 0.2) is 0 Å². The van der Waals surface area contributed by atoms with Crippen molar-refractivity contribution >= 4 is 5.97 Å². The number of nitrogens with zero attached hydrogens (tertiary/aromatic N) is 1. The summed E-state index contributed by atoms with van der Waals surface area (Å²) in [7, 11) is 0. The molecule has 0 radical (unpaired) electrons. The third kappa shape index (κ3) is 2.46. The molecule has 1 aromatic carbocycles. The number of alkyl halides is 3. The molecule has 0 saturated heterocycles. The highest BCUT2D eigenvalue weighted by Gasteiger charge is 2.69. The number of pyridine rings is 1. The highest BCUT2D eigenvalue weighted by molar-refractivity contribution is 5.84. The van der Waals surface area contributed by atoms with Crippen LogP contribution in [-0.4, -0.2) is 16.1 Å². The lowest BCUT2D eigenvalue weighted by atomic mass is 9.94. The van der Waals surface area contributed by atoms with E-state index in [2.05, 4.69) is 4.98 Å². The summed E-state index contributed by atoms with van der Waals surface area (Å²) in [6.07, 6.45) is -3.11. The maximum Gasteiger partial charge on any atom is 0.433 e. The van der Waals surface area contributed by atoms with Gasteiger partial charge in [0.05, 0.1) is 5.41 Å². The van der Waals surface area contributed by atoms with Crippen molar-refractivity contribution < 1.29 is 23.1 Å². The average molecular weight is 335 g/mol. The van der Waals surface area contributed by atoms with Crippen LogP contribution in [0.25, 0.3) is 0 Å². The van der Waals surface area contributed by atoms with Gasteiger partial charge in [-0.2, -0.15) is 13.2 Å². The van der Waals surface area contributed by atoms with Crippen LogP contribution in [0.1, 0.15) is 42.0 Å². The Bertz CT molecular complexity index is 760. The first-order valence-corrected chi connectivity index (χ1v) is 7.64. The van der Waals surface area contributed by atoms with Gasteiger partial charge in [-0.1, -0.05) is 37.3 Å². The van der Waals surface area contributed by atoms with Crippen molar-refractivity contribution in [1.82, 2.24) is 4.98 Å². The number of hydrogen-bond acceptors (Lipinski definition) is 2. The van der Waals surface area contributed by atoms with E-state index in [-0.39, 0.29) is 5.92 Å². The normalized spacial score (nSPS) is 26.2. The van der Waals surface area contributed by atoms with E-state index in [1.165, 1.54) is 6.07 Å². The van der Waals surface area contributed by atoms with E-state index in [4.69, 9.17) is 0 Å². The Kier molecular flexibility index (Phi) is 3.86. The van der Waals surface area contributed by atoms with Crippen molar-refractivity contribution in [1.29, 1.82) is 0 Å². The molecule has 126 valence electrons. The van der Waals surface area contributed by atoms with E-state index >= 15 is 0 Å². The zero-order valence-electron chi connectivity index (χ0n) is 12.9. The maximum atomic E-state index is 12.9. The molecule has 1 aliphatic rings. The predicted molar refractivity (Wildman–Crippen MR) is 81.5 cm³/mol. The summed E-state index contributed by atoms with van der Waals surface area (Å²) in [5.74, 6) is -1.81. The van der Waals surface area contributed by atoms with Crippen molar-refractivity contribution in [3.63, 3.8) is 0 Å². The van der Waals surface area contributed by atoms with Gasteiger partial charge in [0.1, 0.15) is 5.69 Å². The lowest BCUT2D eigenvalue weighted by molar-refractivity contribution is -0.144. The van der Waals surface area contributed by atoms with Gasteiger partial charge in [-0.25, -0.2) is 0 Å². The van der Waals surface area contributed by atoms with Gasteiger partial charge in [-0.15, -0.1) is 0 Å². The molecule has 3 atom stereocenters. The summed E-state index contributed by atoms with van der Waals surface area (Å²) >= 11 is 0. The van der Waals surface area contributed by atoms with E-state index in [0.29, 0.717) is 12.0 Å². The van der Waals surface area contributed by atoms with Gasteiger partial charge in [-0.05, 0) is 29.7 Å². The molecule has 6 heteroatoms. The van der Waals surface area contributed by atoms with Crippen LogP contribution in [0.3, 0.4) is 0 Å². The molecule has 0 spiro atoms. The first kappa shape index (κ1) is 16.5. The molecule has 1 aliphatic carbocycles. The molecule has 24 heavy (non-hydrogen) atoms. The number of rotatable bonds is 4. The monoisotopic (exact) mass is 335 g/mol. The Balaban J connectivity index is 2.07. The molecule has 3 nitrogen and oxygen atoms in total. The molecule has 1 aromatic heterocycles. The second-order valence-electron chi connectivity index (χ2n) is 6.04. The summed E-state index contributed by atoms with van der Waals surface area (Å²) in [4.78, 5) is 15.3. The minimum absolute atomic E-state index is 0.343. The molecule has 0 unspecified atom stereocenters. The zero-order valence-corrected chi connectivity index (χ0v) is 12.9. The van der Waals surface area contributed by atoms with Crippen LogP contribution in [0, 0.1) is 5.41 Å². The number of halogens is 3. The number of carbonyl (C=O) groups is 1. The van der Waals surface area contributed by atoms with E-state index < -0.39 is 29.2 Å². The first-order chi connectivity index (χ1) is 11.3. The smallest absolute Gasteiger partial charge is 0.433 e. The van der Waals surface area contributed by atoms with Gasteiger partial charge in [0, 0.05) is 18.0 Å². The summed E-state index contributed by atoms with van der Waals surface area (Å²) in [5.41, 5.74) is -0.868. The van der Waals surface area contributed by atoms with Crippen LogP contribution < -0.4 is 0 Å². The second kappa shape index (κ2) is 5.61. The fraction of sp³-hybridized carbons (Fsp3) is 0.333. The Morgan fingerprint density at radius 2 is 1.79 bits per heavy atom. The van der Waals surface area contributed by atoms with Gasteiger partial charge >= 0.3 is 12.1 Å². The molecule has 2 aromatic rings. The lowest BCUT2D eigenvalue weighted by Gasteiger charge is -2.11. The van der Waals surface area contributed by atoms with Gasteiger partial charge < -0.3 is 5.11 Å². The van der Waals surface area contributed by atoms with Gasteiger partial charge in [-0.3, -0.25) is 9.78 Å². The van der Waals surface area contributed by atoms with Crippen LogP contribution in [0.4, 0.5) is 13.2 Å². The van der Waals surface area contributed by atoms with Crippen molar-refractivity contribution in [2.75, 3.05) is 0 Å². The number of aromatic nitrogens is 1. The fourth-order valence-electron chi connectivity index (χ4n) is 3.73. The topological polar surface area (TPSA) is 50.2 Å². The summed E-state index contributed by atoms with van der Waals surface area (Å²) < 4.78 is 38.8. The Morgan fingerprint density at radius 3 is 2.33 bits per heavy atom. The fourth-order valence-corrected chi connectivity index (χ4v) is 3.73. The molecule has 0 bridgehead atoms. The standard InChI is InChI=1S/C18H16F3NO2/c1-2-17(16(23)24)14(11-6-4-3-5-7-11)15(17)12-8-9-22-13(10-12)18(19,20)21/h3-10,14-15H,2H2,1H3,(H,23,24)/t14-,15-,17+/m0/s1. The molecule has 0 amide bonds. The van der Waals surface area contributed by atoms with Crippen molar-refractivity contribution in [3.05, 3.63) is 65.5 Å². The number of aliphatic carboxylic acids is 1. The molecule has 0 aliphatic heterocycles. The molecular weight excluding hydrogens is 319 g/mol. The second-order valence-corrected chi connectivity index (χ2v) is 6.04. The molecule has 3 rings (SSSR count). The largest absolute Gasteiger partial charge is 0.481 e. The SMILES string of the molecule is CC[C@@]1(C(=O)O)[C@@H](c2ccccc2)[C@@H]1c1ccnc(C(F)(F)F)c1. The highest BCUT2D eigenvalue weighted by Crippen LogP contribution is 2.72.